The molecule has 3 fully saturated rings. The molecule has 3 saturated carbocycles. The molecule has 0 amide bonds. The quantitative estimate of drug-likeness (QED) is 0.867. The summed E-state index contributed by atoms with van der Waals surface area (Å²) in [7, 11) is 1.64. The molecule has 108 valence electrons. The van der Waals surface area contributed by atoms with Crippen LogP contribution in [0, 0.1) is 29.6 Å². The van der Waals surface area contributed by atoms with Gasteiger partial charge in [0, 0.05) is 10.6 Å². The molecular formula is C16H18BrClO2. The Morgan fingerprint density at radius 3 is 2.55 bits per heavy atom. The third-order valence-corrected chi connectivity index (χ3v) is 6.53. The van der Waals surface area contributed by atoms with Gasteiger partial charge >= 0.3 is 0 Å². The zero-order chi connectivity index (χ0) is 14.0. The van der Waals surface area contributed by atoms with Crippen molar-refractivity contribution >= 4 is 27.5 Å². The van der Waals surface area contributed by atoms with Gasteiger partial charge < -0.3 is 9.84 Å². The Balaban J connectivity index is 1.65. The first kappa shape index (κ1) is 13.4. The van der Waals surface area contributed by atoms with Gasteiger partial charge in [0.15, 0.2) is 0 Å². The van der Waals surface area contributed by atoms with E-state index in [1.54, 1.807) is 7.11 Å². The van der Waals surface area contributed by atoms with Crippen molar-refractivity contribution in [2.24, 2.45) is 29.6 Å². The minimum absolute atomic E-state index is 0.417. The van der Waals surface area contributed by atoms with Gasteiger partial charge in [0.1, 0.15) is 5.75 Å². The lowest BCUT2D eigenvalue weighted by atomic mass is 9.94. The zero-order valence-electron chi connectivity index (χ0n) is 11.4. The number of rotatable bonds is 3. The average molecular weight is 358 g/mol. The van der Waals surface area contributed by atoms with E-state index in [2.05, 4.69) is 15.9 Å². The number of aliphatic hydroxyl groups excluding tert-OH is 1. The summed E-state index contributed by atoms with van der Waals surface area (Å²) in [5.74, 6) is 4.34. The number of hydrogen-bond acceptors (Lipinski definition) is 2. The van der Waals surface area contributed by atoms with Gasteiger partial charge in [0.05, 0.1) is 17.7 Å². The first-order valence-corrected chi connectivity index (χ1v) is 8.50. The van der Waals surface area contributed by atoms with Crippen LogP contribution < -0.4 is 4.74 Å². The second kappa shape index (κ2) is 4.62. The molecule has 0 aliphatic heterocycles. The molecule has 0 aromatic heterocycles. The minimum Gasteiger partial charge on any atom is -0.495 e. The van der Waals surface area contributed by atoms with E-state index in [1.807, 2.05) is 12.1 Å². The lowest BCUT2D eigenvalue weighted by Crippen LogP contribution is -2.10. The maximum absolute atomic E-state index is 10.8. The number of aliphatic hydroxyl groups is 1. The molecule has 5 unspecified atom stereocenters. The Hall–Kier alpha value is -0.250. The highest BCUT2D eigenvalue weighted by Gasteiger charge is 2.67. The van der Waals surface area contributed by atoms with E-state index >= 15 is 0 Å². The molecule has 20 heavy (non-hydrogen) atoms. The van der Waals surface area contributed by atoms with Crippen molar-refractivity contribution in [1.82, 2.24) is 0 Å². The Bertz CT molecular complexity index is 546. The van der Waals surface area contributed by atoms with Crippen LogP contribution in [0.25, 0.3) is 0 Å². The second-order valence-corrected chi connectivity index (χ2v) is 7.81. The molecular weight excluding hydrogens is 340 g/mol. The number of benzene rings is 1. The number of hydrogen-bond donors (Lipinski definition) is 1. The van der Waals surface area contributed by atoms with E-state index < -0.39 is 6.10 Å². The van der Waals surface area contributed by atoms with E-state index in [1.165, 1.54) is 19.3 Å². The molecule has 0 heterocycles. The number of ether oxygens (including phenoxy) is 1. The van der Waals surface area contributed by atoms with Crippen LogP contribution in [-0.2, 0) is 0 Å². The van der Waals surface area contributed by atoms with E-state index in [4.69, 9.17) is 16.3 Å². The maximum atomic E-state index is 10.8. The van der Waals surface area contributed by atoms with Gasteiger partial charge in [0.2, 0.25) is 0 Å². The van der Waals surface area contributed by atoms with Crippen LogP contribution in [0.4, 0.5) is 0 Å². The molecule has 0 saturated heterocycles. The number of halogens is 2. The van der Waals surface area contributed by atoms with Gasteiger partial charge in [-0.05, 0) is 76.9 Å². The molecule has 3 aliphatic carbocycles. The third-order valence-electron chi connectivity index (χ3n) is 5.72. The van der Waals surface area contributed by atoms with Gasteiger partial charge in [-0.25, -0.2) is 0 Å². The summed E-state index contributed by atoms with van der Waals surface area (Å²) in [4.78, 5) is 0. The minimum atomic E-state index is -0.446. The number of methoxy groups -OCH3 is 1. The zero-order valence-corrected chi connectivity index (χ0v) is 13.7. The van der Waals surface area contributed by atoms with Gasteiger partial charge in [0.25, 0.3) is 0 Å². The summed E-state index contributed by atoms with van der Waals surface area (Å²) in [5, 5.41) is 11.5. The summed E-state index contributed by atoms with van der Waals surface area (Å²) < 4.78 is 6.27. The summed E-state index contributed by atoms with van der Waals surface area (Å²) in [6.07, 6.45) is 3.68. The van der Waals surface area contributed by atoms with Crippen LogP contribution in [0.15, 0.2) is 16.6 Å². The van der Waals surface area contributed by atoms with Crippen LogP contribution >= 0.6 is 27.5 Å². The highest BCUT2D eigenvalue weighted by Crippen LogP contribution is 2.72. The van der Waals surface area contributed by atoms with Crippen molar-refractivity contribution in [1.29, 1.82) is 0 Å². The van der Waals surface area contributed by atoms with Gasteiger partial charge in [-0.15, -0.1) is 0 Å². The largest absolute Gasteiger partial charge is 0.495 e. The third kappa shape index (κ3) is 1.79. The van der Waals surface area contributed by atoms with Crippen LogP contribution in [0.3, 0.4) is 0 Å². The molecule has 4 heteroatoms. The molecule has 2 bridgehead atoms. The van der Waals surface area contributed by atoms with Crippen molar-refractivity contribution in [3.63, 3.8) is 0 Å². The fraction of sp³-hybridized carbons (Fsp3) is 0.625. The van der Waals surface area contributed by atoms with Crippen molar-refractivity contribution in [2.75, 3.05) is 7.11 Å². The lowest BCUT2D eigenvalue weighted by Gasteiger charge is -2.19. The van der Waals surface area contributed by atoms with Crippen molar-refractivity contribution in [2.45, 2.75) is 25.4 Å². The Labute approximate surface area is 132 Å². The predicted molar refractivity (Wildman–Crippen MR) is 82.0 cm³/mol. The highest BCUT2D eigenvalue weighted by molar-refractivity contribution is 9.10. The molecule has 0 radical (unpaired) electrons. The van der Waals surface area contributed by atoms with E-state index in [0.29, 0.717) is 10.9 Å². The first-order valence-electron chi connectivity index (χ1n) is 7.32. The summed E-state index contributed by atoms with van der Waals surface area (Å²) >= 11 is 9.61. The second-order valence-electron chi connectivity index (χ2n) is 6.52. The van der Waals surface area contributed by atoms with Crippen molar-refractivity contribution in [3.05, 3.63) is 27.2 Å². The van der Waals surface area contributed by atoms with Gasteiger partial charge in [-0.1, -0.05) is 11.6 Å². The fourth-order valence-electron chi connectivity index (χ4n) is 5.04. The van der Waals surface area contributed by atoms with Crippen LogP contribution in [0.5, 0.6) is 5.75 Å². The first-order chi connectivity index (χ1) is 9.61. The van der Waals surface area contributed by atoms with E-state index in [-0.39, 0.29) is 0 Å². The Morgan fingerprint density at radius 2 is 1.95 bits per heavy atom. The highest BCUT2D eigenvalue weighted by atomic mass is 79.9. The topological polar surface area (TPSA) is 29.5 Å². The molecule has 1 N–H and O–H groups in total. The van der Waals surface area contributed by atoms with Crippen LogP contribution in [-0.4, -0.2) is 12.2 Å². The molecule has 1 aromatic rings. The maximum Gasteiger partial charge on any atom is 0.138 e. The molecule has 2 nitrogen and oxygen atoms in total. The predicted octanol–water partition coefficient (Wildman–Crippen LogP) is 4.44. The van der Waals surface area contributed by atoms with Gasteiger partial charge in [-0.3, -0.25) is 0 Å². The monoisotopic (exact) mass is 356 g/mol. The van der Waals surface area contributed by atoms with Crippen molar-refractivity contribution < 1.29 is 9.84 Å². The molecule has 3 aliphatic rings. The van der Waals surface area contributed by atoms with Gasteiger partial charge in [-0.2, -0.15) is 0 Å². The number of fused-ring (bicyclic) bond motifs is 5. The van der Waals surface area contributed by atoms with E-state index in [9.17, 15) is 5.11 Å². The summed E-state index contributed by atoms with van der Waals surface area (Å²) in [6, 6.07) is 3.67. The average Bonchev–Trinajstić information content (AvgIpc) is 2.84. The Kier molecular flexibility index (Phi) is 3.10. The van der Waals surface area contributed by atoms with Crippen molar-refractivity contribution in [3.8, 4) is 5.75 Å². The SMILES string of the molecule is COc1c(Br)cc(Cl)cc1C(O)C1C2C3CCC(C3)C21. The molecule has 5 atom stereocenters. The smallest absolute Gasteiger partial charge is 0.138 e. The fourth-order valence-corrected chi connectivity index (χ4v) is 6.03. The van der Waals surface area contributed by atoms with E-state index in [0.717, 1.165) is 39.5 Å². The van der Waals surface area contributed by atoms with Crippen LogP contribution in [0.1, 0.15) is 30.9 Å². The Morgan fingerprint density at radius 1 is 1.30 bits per heavy atom. The normalized spacial score (nSPS) is 38.7. The lowest BCUT2D eigenvalue weighted by molar-refractivity contribution is 0.126. The molecule has 0 spiro atoms. The van der Waals surface area contributed by atoms with Crippen LogP contribution in [0.2, 0.25) is 5.02 Å². The standard InChI is InChI=1S/C16H18BrClO2/c1-20-16-10(5-9(18)6-11(16)17)15(19)14-12-7-2-3-8(4-7)13(12)14/h5-8,12-15,19H,2-4H2,1H3. The summed E-state index contributed by atoms with van der Waals surface area (Å²) in [6.45, 7) is 0. The molecule has 1 aromatic carbocycles. The summed E-state index contributed by atoms with van der Waals surface area (Å²) in [5.41, 5.74) is 0.839. The molecule has 4 rings (SSSR count).